The summed E-state index contributed by atoms with van der Waals surface area (Å²) >= 11 is 6.03. The minimum atomic E-state index is -0.209. The number of amides is 1. The second-order valence-electron chi connectivity index (χ2n) is 9.27. The van der Waals surface area contributed by atoms with Crippen molar-refractivity contribution in [3.8, 4) is 0 Å². The molecule has 1 heterocycles. The number of hydrogen-bond donors (Lipinski definition) is 1. The van der Waals surface area contributed by atoms with E-state index in [1.54, 1.807) is 24.3 Å². The van der Waals surface area contributed by atoms with Crippen molar-refractivity contribution in [3.05, 3.63) is 71.1 Å². The highest BCUT2D eigenvalue weighted by Crippen LogP contribution is 2.54. The fraction of sp³-hybridized carbons (Fsp3) is 0.385. The Hall–Kier alpha value is -2.46. The highest BCUT2D eigenvalue weighted by Gasteiger charge is 2.44. The van der Waals surface area contributed by atoms with Gasteiger partial charge in [-0.25, -0.2) is 4.39 Å². The number of carbonyl (C=O) groups is 1. The lowest BCUT2D eigenvalue weighted by Gasteiger charge is -2.21. The molecule has 1 N–H and O–H groups in total. The van der Waals surface area contributed by atoms with E-state index in [0.29, 0.717) is 28.7 Å². The van der Waals surface area contributed by atoms with E-state index < -0.39 is 0 Å². The van der Waals surface area contributed by atoms with Gasteiger partial charge in [-0.15, -0.1) is 0 Å². The van der Waals surface area contributed by atoms with Gasteiger partial charge in [-0.2, -0.15) is 0 Å². The summed E-state index contributed by atoms with van der Waals surface area (Å²) in [5.41, 5.74) is 2.83. The maximum atomic E-state index is 13.9. The van der Waals surface area contributed by atoms with Crippen molar-refractivity contribution in [2.24, 2.45) is 23.7 Å². The van der Waals surface area contributed by atoms with Crippen LogP contribution in [0.4, 0.5) is 10.1 Å². The normalized spacial score (nSPS) is 26.0. The Balaban J connectivity index is 1.25. The van der Waals surface area contributed by atoms with Crippen molar-refractivity contribution in [3.63, 3.8) is 0 Å². The molecule has 0 spiro atoms. The average Bonchev–Trinajstić information content (AvgIpc) is 3.32. The Labute approximate surface area is 187 Å². The van der Waals surface area contributed by atoms with Gasteiger partial charge >= 0.3 is 0 Å². The quantitative estimate of drug-likeness (QED) is 0.487. The molecule has 2 aromatic carbocycles. The van der Waals surface area contributed by atoms with Gasteiger partial charge in [-0.05, 0) is 97.4 Å². The van der Waals surface area contributed by atoms with E-state index in [2.05, 4.69) is 16.4 Å². The van der Waals surface area contributed by atoms with Crippen LogP contribution in [0.5, 0.6) is 0 Å². The third kappa shape index (κ3) is 4.06. The number of carbonyl (C=O) groups excluding carboxylic acids is 1. The van der Waals surface area contributed by atoms with Crippen LogP contribution >= 0.6 is 11.6 Å². The molecule has 3 unspecified atom stereocenters. The first-order chi connectivity index (χ1) is 15.0. The van der Waals surface area contributed by atoms with Crippen LogP contribution in [0.1, 0.15) is 44.1 Å². The fourth-order valence-corrected chi connectivity index (χ4v) is 6.05. The Bertz CT molecular complexity index is 1120. The van der Waals surface area contributed by atoms with Gasteiger partial charge in [0.25, 0.3) is 0 Å². The highest BCUT2D eigenvalue weighted by atomic mass is 35.5. The molecule has 2 aliphatic carbocycles. The summed E-state index contributed by atoms with van der Waals surface area (Å²) in [4.78, 5) is 17.2. The first kappa shape index (κ1) is 20.4. The van der Waals surface area contributed by atoms with Crippen LogP contribution in [0.15, 0.2) is 54.7 Å². The van der Waals surface area contributed by atoms with Gasteiger partial charge in [0.05, 0.1) is 5.52 Å². The van der Waals surface area contributed by atoms with E-state index in [-0.39, 0.29) is 17.6 Å². The van der Waals surface area contributed by atoms with Crippen molar-refractivity contribution in [2.45, 2.75) is 38.5 Å². The molecule has 3 nitrogen and oxygen atoms in total. The number of rotatable bonds is 4. The first-order valence-electron chi connectivity index (χ1n) is 11.1. The summed E-state index contributed by atoms with van der Waals surface area (Å²) in [6.45, 7) is 2.04. The van der Waals surface area contributed by atoms with Gasteiger partial charge in [0.1, 0.15) is 5.82 Å². The summed E-state index contributed by atoms with van der Waals surface area (Å²) in [5.74, 6) is 1.94. The Kier molecular flexibility index (Phi) is 5.43. The molecule has 1 aromatic heterocycles. The van der Waals surface area contributed by atoms with Crippen LogP contribution in [0.25, 0.3) is 10.9 Å². The number of benzene rings is 2. The number of halogens is 2. The van der Waals surface area contributed by atoms with E-state index >= 15 is 0 Å². The Morgan fingerprint density at radius 2 is 1.87 bits per heavy atom. The summed E-state index contributed by atoms with van der Waals surface area (Å²) in [5, 5.41) is 4.58. The standard InChI is InChI=1S/C26H26ClFN2O/c1-15(26(31)30-22-4-2-3-20(27)13-22)16-9-17-11-19(12-18(17)10-16)23-7-8-29-25-6-5-21(28)14-24(23)25/h2-8,13-19H,9-12H2,1H3,(H,30,31)/t15?,16-,17-,18?,19?/m1/s1. The first-order valence-corrected chi connectivity index (χ1v) is 11.5. The number of aromatic nitrogens is 1. The molecule has 5 rings (SSSR count). The van der Waals surface area contributed by atoms with Gasteiger partial charge in [0.15, 0.2) is 0 Å². The van der Waals surface area contributed by atoms with E-state index in [1.807, 2.05) is 25.3 Å². The summed E-state index contributed by atoms with van der Waals surface area (Å²) in [7, 11) is 0. The lowest BCUT2D eigenvalue weighted by molar-refractivity contribution is -0.120. The second kappa shape index (κ2) is 8.23. The van der Waals surface area contributed by atoms with E-state index in [9.17, 15) is 9.18 Å². The predicted molar refractivity (Wildman–Crippen MR) is 123 cm³/mol. The zero-order valence-corrected chi connectivity index (χ0v) is 18.3. The van der Waals surface area contributed by atoms with Crippen molar-refractivity contribution >= 4 is 34.1 Å². The summed E-state index contributed by atoms with van der Waals surface area (Å²) < 4.78 is 13.9. The molecular formula is C26H26ClFN2O. The monoisotopic (exact) mass is 436 g/mol. The van der Waals surface area contributed by atoms with E-state index in [4.69, 9.17) is 11.6 Å². The fourth-order valence-electron chi connectivity index (χ4n) is 5.86. The predicted octanol–water partition coefficient (Wildman–Crippen LogP) is 6.82. The molecule has 1 amide bonds. The van der Waals surface area contributed by atoms with Crippen molar-refractivity contribution < 1.29 is 9.18 Å². The van der Waals surface area contributed by atoms with Crippen LogP contribution in [-0.4, -0.2) is 10.9 Å². The third-order valence-corrected chi connectivity index (χ3v) is 7.68. The number of nitrogens with one attached hydrogen (secondary N) is 1. The topological polar surface area (TPSA) is 42.0 Å². The van der Waals surface area contributed by atoms with Crippen LogP contribution in [0, 0.1) is 29.5 Å². The molecule has 31 heavy (non-hydrogen) atoms. The van der Waals surface area contributed by atoms with Crippen LogP contribution in [-0.2, 0) is 4.79 Å². The van der Waals surface area contributed by atoms with Crippen molar-refractivity contribution in [1.29, 1.82) is 0 Å². The average molecular weight is 437 g/mol. The molecule has 0 radical (unpaired) electrons. The molecule has 2 saturated carbocycles. The van der Waals surface area contributed by atoms with Crippen LogP contribution in [0.3, 0.4) is 0 Å². The number of fused-ring (bicyclic) bond motifs is 2. The zero-order valence-electron chi connectivity index (χ0n) is 17.5. The lowest BCUT2D eigenvalue weighted by Crippen LogP contribution is -2.26. The summed E-state index contributed by atoms with van der Waals surface area (Å²) in [6, 6.07) is 14.2. The number of anilines is 1. The minimum absolute atomic E-state index is 0.0288. The van der Waals surface area contributed by atoms with Gasteiger partial charge in [-0.3, -0.25) is 9.78 Å². The molecule has 0 bridgehead atoms. The van der Waals surface area contributed by atoms with Crippen LogP contribution in [0.2, 0.25) is 5.02 Å². The Morgan fingerprint density at radius 1 is 1.10 bits per heavy atom. The smallest absolute Gasteiger partial charge is 0.227 e. The SMILES string of the molecule is CC(C(=O)Nc1cccc(Cl)c1)[C@H]1CC2CC(c3ccnc4ccc(F)cc34)C[C@H]2C1. The summed E-state index contributed by atoms with van der Waals surface area (Å²) in [6.07, 6.45) is 6.24. The highest BCUT2D eigenvalue weighted by molar-refractivity contribution is 6.30. The van der Waals surface area contributed by atoms with Gasteiger partial charge in [0.2, 0.25) is 5.91 Å². The van der Waals surface area contributed by atoms with Gasteiger partial charge in [-0.1, -0.05) is 24.6 Å². The van der Waals surface area contributed by atoms with Gasteiger partial charge in [0, 0.05) is 28.2 Å². The second-order valence-corrected chi connectivity index (χ2v) is 9.71. The molecule has 160 valence electrons. The maximum Gasteiger partial charge on any atom is 0.227 e. The number of hydrogen-bond acceptors (Lipinski definition) is 2. The van der Waals surface area contributed by atoms with E-state index in [0.717, 1.165) is 42.3 Å². The molecule has 5 atom stereocenters. The Morgan fingerprint density at radius 3 is 2.61 bits per heavy atom. The molecule has 0 aliphatic heterocycles. The minimum Gasteiger partial charge on any atom is -0.326 e. The molecule has 2 fully saturated rings. The van der Waals surface area contributed by atoms with Gasteiger partial charge < -0.3 is 5.32 Å². The number of nitrogens with zero attached hydrogens (tertiary/aromatic N) is 1. The number of pyridine rings is 1. The maximum absolute atomic E-state index is 13.9. The van der Waals surface area contributed by atoms with Crippen molar-refractivity contribution in [1.82, 2.24) is 4.98 Å². The third-order valence-electron chi connectivity index (χ3n) is 7.44. The van der Waals surface area contributed by atoms with E-state index in [1.165, 1.54) is 11.6 Å². The molecule has 2 aliphatic rings. The largest absolute Gasteiger partial charge is 0.326 e. The van der Waals surface area contributed by atoms with Crippen molar-refractivity contribution in [2.75, 3.05) is 5.32 Å². The molecule has 0 saturated heterocycles. The molecule has 5 heteroatoms. The van der Waals surface area contributed by atoms with Crippen LogP contribution < -0.4 is 5.32 Å². The molecular weight excluding hydrogens is 411 g/mol. The lowest BCUT2D eigenvalue weighted by atomic mass is 9.86. The molecule has 3 aromatic rings. The zero-order chi connectivity index (χ0) is 21.5.